The second-order valence-corrected chi connectivity index (χ2v) is 18.6. The number of amides is 6. The summed E-state index contributed by atoms with van der Waals surface area (Å²) in [6.45, 7) is 8.17. The average molecular weight is 840 g/mol. The zero-order valence-electron chi connectivity index (χ0n) is 35.9. The molecule has 328 valence electrons. The number of rotatable bonds is 15. The summed E-state index contributed by atoms with van der Waals surface area (Å²) < 4.78 is 0. The SMILES string of the molecule is CCCC(NC(=O)[C@@H]1CC2(CN1C(=O)[C@@H](NC(=O)[C@@H](NC(=O)c1cnccn1)C1CCCCC1)C(C)(C)C)N(Cc1ccccc1)C(=O)C1CCCN12)C(=O)C(=O)NC1CC1. The van der Waals surface area contributed by atoms with Crippen molar-refractivity contribution in [3.63, 3.8) is 0 Å². The molecule has 2 saturated carbocycles. The highest BCUT2D eigenvalue weighted by molar-refractivity contribution is 6.38. The molecule has 61 heavy (non-hydrogen) atoms. The summed E-state index contributed by atoms with van der Waals surface area (Å²) in [5.74, 6) is -3.96. The molecule has 6 atom stereocenters. The van der Waals surface area contributed by atoms with E-state index in [1.165, 1.54) is 23.5 Å². The molecular weight excluding hydrogens is 779 g/mol. The Bertz CT molecular complexity index is 1970. The van der Waals surface area contributed by atoms with E-state index in [9.17, 15) is 28.8 Å². The molecule has 5 aliphatic rings. The van der Waals surface area contributed by atoms with Gasteiger partial charge in [0.2, 0.25) is 29.4 Å². The van der Waals surface area contributed by atoms with Gasteiger partial charge in [-0.15, -0.1) is 0 Å². The van der Waals surface area contributed by atoms with Gasteiger partial charge in [-0.3, -0.25) is 43.4 Å². The third-order valence-corrected chi connectivity index (χ3v) is 13.2. The van der Waals surface area contributed by atoms with Crippen molar-refractivity contribution in [2.24, 2.45) is 11.3 Å². The number of hydrogen-bond acceptors (Lipinski definition) is 10. The van der Waals surface area contributed by atoms with E-state index in [1.54, 1.807) is 0 Å². The Morgan fingerprint density at radius 3 is 2.30 bits per heavy atom. The second kappa shape index (κ2) is 18.4. The lowest BCUT2D eigenvalue weighted by Crippen LogP contribution is -2.62. The minimum atomic E-state index is -1.17. The molecule has 1 spiro atoms. The number of likely N-dealkylation sites (tertiary alicyclic amines) is 1. The molecule has 2 aliphatic carbocycles. The van der Waals surface area contributed by atoms with Gasteiger partial charge in [0.1, 0.15) is 29.5 Å². The summed E-state index contributed by atoms with van der Waals surface area (Å²) in [6, 6.07) is 4.69. The van der Waals surface area contributed by atoms with Crippen LogP contribution < -0.4 is 21.3 Å². The summed E-state index contributed by atoms with van der Waals surface area (Å²) in [7, 11) is 0. The highest BCUT2D eigenvalue weighted by Gasteiger charge is 2.64. The molecule has 16 heteroatoms. The third-order valence-electron chi connectivity index (χ3n) is 13.2. The van der Waals surface area contributed by atoms with Crippen LogP contribution in [-0.2, 0) is 35.3 Å². The molecule has 3 unspecified atom stereocenters. The van der Waals surface area contributed by atoms with Gasteiger partial charge in [0.25, 0.3) is 11.8 Å². The fourth-order valence-corrected chi connectivity index (χ4v) is 9.80. The number of ketones is 1. The molecule has 0 radical (unpaired) electrons. The number of benzene rings is 1. The van der Waals surface area contributed by atoms with Crippen LogP contribution in [0.1, 0.15) is 121 Å². The van der Waals surface area contributed by atoms with Crippen LogP contribution in [0.2, 0.25) is 0 Å². The van der Waals surface area contributed by atoms with Crippen LogP contribution in [0.15, 0.2) is 48.9 Å². The first kappa shape index (κ1) is 43.8. The van der Waals surface area contributed by atoms with Crippen LogP contribution in [0.25, 0.3) is 0 Å². The molecule has 4 N–H and O–H groups in total. The number of carbonyl (C=O) groups is 7. The molecule has 4 heterocycles. The molecule has 0 bridgehead atoms. The third kappa shape index (κ3) is 9.48. The van der Waals surface area contributed by atoms with Crippen LogP contribution in [0.4, 0.5) is 0 Å². The first-order valence-electron chi connectivity index (χ1n) is 22.2. The van der Waals surface area contributed by atoms with Crippen LogP contribution in [0.3, 0.4) is 0 Å². The Kier molecular flexibility index (Phi) is 13.2. The standard InChI is InChI=1S/C45H61N9O7/c1-5-13-31(36(55)41(59)48-30-19-20-30)49-39(57)34-24-45(53-23-12-18-33(53)42(60)54(45)26-28-14-8-6-9-15-28)27-52(34)43(61)37(44(2,3)4)51-40(58)35(29-16-10-7-11-17-29)50-38(56)32-25-46-21-22-47-32/h6,8-9,14-15,21-22,25,29-31,33-35,37H,5,7,10-13,16-20,23-24,26-27H2,1-4H3,(H,48,59)(H,49,57)(H,50,56)(H,51,58)/t31?,33?,34-,35-,37+,45?/m0/s1. The van der Waals surface area contributed by atoms with E-state index in [0.29, 0.717) is 32.2 Å². The van der Waals surface area contributed by atoms with Crippen LogP contribution >= 0.6 is 0 Å². The van der Waals surface area contributed by atoms with Gasteiger partial charge >= 0.3 is 0 Å². The molecule has 3 aliphatic heterocycles. The Morgan fingerprint density at radius 2 is 1.64 bits per heavy atom. The number of nitrogens with zero attached hydrogens (tertiary/aromatic N) is 5. The maximum Gasteiger partial charge on any atom is 0.289 e. The van der Waals surface area contributed by atoms with Crippen LogP contribution in [0, 0.1) is 11.3 Å². The lowest BCUT2D eigenvalue weighted by atomic mass is 9.82. The number of Topliss-reactive ketones (excluding diaryl/α,β-unsaturated/α-hetero) is 1. The highest BCUT2D eigenvalue weighted by Crippen LogP contribution is 2.47. The minimum absolute atomic E-state index is 0.0224. The molecule has 1 aromatic heterocycles. The predicted molar refractivity (Wildman–Crippen MR) is 224 cm³/mol. The van der Waals surface area contributed by atoms with Crippen molar-refractivity contribution in [3.05, 3.63) is 60.2 Å². The fourth-order valence-electron chi connectivity index (χ4n) is 9.80. The lowest BCUT2D eigenvalue weighted by Gasteiger charge is -2.41. The second-order valence-electron chi connectivity index (χ2n) is 18.6. The fraction of sp³-hybridized carbons (Fsp3) is 0.622. The summed E-state index contributed by atoms with van der Waals surface area (Å²) in [4.78, 5) is 113. The normalized spacial score (nSPS) is 24.5. The largest absolute Gasteiger partial charge is 0.347 e. The first-order valence-corrected chi connectivity index (χ1v) is 22.2. The average Bonchev–Trinajstić information content (AvgIpc) is 3.68. The number of nitrogens with one attached hydrogen (secondary N) is 4. The zero-order chi connectivity index (χ0) is 43.5. The van der Waals surface area contributed by atoms with Gasteiger partial charge in [0.15, 0.2) is 0 Å². The van der Waals surface area contributed by atoms with Crippen molar-refractivity contribution in [1.82, 2.24) is 45.9 Å². The predicted octanol–water partition coefficient (Wildman–Crippen LogP) is 2.62. The molecule has 1 aromatic carbocycles. The maximum atomic E-state index is 15.4. The van der Waals surface area contributed by atoms with E-state index in [1.807, 2.05) is 62.9 Å². The van der Waals surface area contributed by atoms with E-state index in [-0.39, 0.29) is 49.5 Å². The molecular formula is C45H61N9O7. The van der Waals surface area contributed by atoms with E-state index in [0.717, 1.165) is 44.1 Å². The molecule has 16 nitrogen and oxygen atoms in total. The van der Waals surface area contributed by atoms with Crippen LogP contribution in [0.5, 0.6) is 0 Å². The van der Waals surface area contributed by atoms with Gasteiger partial charge in [-0.2, -0.15) is 0 Å². The zero-order valence-corrected chi connectivity index (χ0v) is 35.9. The first-order chi connectivity index (χ1) is 29.2. The maximum absolute atomic E-state index is 15.4. The van der Waals surface area contributed by atoms with E-state index in [2.05, 4.69) is 36.1 Å². The highest BCUT2D eigenvalue weighted by atomic mass is 16.2. The Balaban J connectivity index is 1.22. The van der Waals surface area contributed by atoms with Crippen molar-refractivity contribution in [1.29, 1.82) is 0 Å². The van der Waals surface area contributed by atoms with Crippen LogP contribution in [-0.4, -0.2) is 121 Å². The summed E-state index contributed by atoms with van der Waals surface area (Å²) in [6.07, 6.45) is 12.2. The van der Waals surface area contributed by atoms with Gasteiger partial charge in [0.05, 0.1) is 24.8 Å². The Hall–Kier alpha value is -5.25. The minimum Gasteiger partial charge on any atom is -0.347 e. The van der Waals surface area contributed by atoms with Gasteiger partial charge < -0.3 is 31.1 Å². The smallest absolute Gasteiger partial charge is 0.289 e. The number of hydrogen-bond donors (Lipinski definition) is 4. The summed E-state index contributed by atoms with van der Waals surface area (Å²) >= 11 is 0. The molecule has 2 aromatic rings. The lowest BCUT2D eigenvalue weighted by molar-refractivity contribution is -0.145. The summed E-state index contributed by atoms with van der Waals surface area (Å²) in [5.41, 5.74) is -0.995. The van der Waals surface area contributed by atoms with Crippen molar-refractivity contribution in [3.8, 4) is 0 Å². The van der Waals surface area contributed by atoms with Crippen molar-refractivity contribution in [2.75, 3.05) is 13.1 Å². The number of fused-ring (bicyclic) bond motifs is 2. The Morgan fingerprint density at radius 1 is 0.902 bits per heavy atom. The number of aromatic nitrogens is 2. The quantitative estimate of drug-likeness (QED) is 0.193. The molecule has 7 rings (SSSR count). The topological polar surface area (TPSA) is 203 Å². The molecule has 6 amide bonds. The van der Waals surface area contributed by atoms with E-state index < -0.39 is 76.6 Å². The van der Waals surface area contributed by atoms with Crippen molar-refractivity contribution < 1.29 is 33.6 Å². The van der Waals surface area contributed by atoms with Gasteiger partial charge in [-0.1, -0.05) is 83.7 Å². The monoisotopic (exact) mass is 839 g/mol. The van der Waals surface area contributed by atoms with Gasteiger partial charge in [-0.25, -0.2) is 4.98 Å². The van der Waals surface area contributed by atoms with E-state index in [4.69, 9.17) is 0 Å². The molecule has 5 fully saturated rings. The summed E-state index contributed by atoms with van der Waals surface area (Å²) in [5, 5.41) is 11.5. The Labute approximate surface area is 357 Å². The van der Waals surface area contributed by atoms with E-state index >= 15 is 4.79 Å². The number of carbonyl (C=O) groups excluding carboxylic acids is 7. The van der Waals surface area contributed by atoms with Crippen molar-refractivity contribution >= 4 is 41.2 Å². The van der Waals surface area contributed by atoms with Gasteiger partial charge in [0, 0.05) is 37.9 Å². The molecule has 3 saturated heterocycles. The van der Waals surface area contributed by atoms with Crippen molar-refractivity contribution in [2.45, 2.75) is 153 Å². The van der Waals surface area contributed by atoms with Gasteiger partial charge in [-0.05, 0) is 61.8 Å².